The summed E-state index contributed by atoms with van der Waals surface area (Å²) in [6.07, 6.45) is 0.836. The minimum Gasteiger partial charge on any atom is -0.490 e. The van der Waals surface area contributed by atoms with Gasteiger partial charge in [0.1, 0.15) is 5.76 Å². The highest BCUT2D eigenvalue weighted by Gasteiger charge is 2.17. The molecule has 0 radical (unpaired) electrons. The van der Waals surface area contributed by atoms with Crippen LogP contribution >= 0.6 is 0 Å². The second-order valence-electron chi connectivity index (χ2n) is 5.72. The van der Waals surface area contributed by atoms with Crippen molar-refractivity contribution in [2.24, 2.45) is 0 Å². The molecule has 6 heteroatoms. The van der Waals surface area contributed by atoms with E-state index >= 15 is 0 Å². The first-order valence-electron chi connectivity index (χ1n) is 7.85. The maximum absolute atomic E-state index is 12.3. The van der Waals surface area contributed by atoms with Crippen LogP contribution in [0.25, 0.3) is 0 Å². The molecule has 0 bridgehead atoms. The van der Waals surface area contributed by atoms with Crippen molar-refractivity contribution in [1.29, 1.82) is 0 Å². The molecule has 1 aliphatic heterocycles. The number of amides is 1. The van der Waals surface area contributed by atoms with Crippen molar-refractivity contribution in [2.75, 3.05) is 13.2 Å². The van der Waals surface area contributed by atoms with Crippen LogP contribution in [0.5, 0.6) is 11.5 Å². The molecule has 6 nitrogen and oxygen atoms in total. The molecular formula is C18H19NO5. The predicted molar refractivity (Wildman–Crippen MR) is 87.6 cm³/mol. The van der Waals surface area contributed by atoms with Crippen LogP contribution in [0.15, 0.2) is 39.5 Å². The summed E-state index contributed by atoms with van der Waals surface area (Å²) in [5.41, 5.74) is 0.620. The third kappa shape index (κ3) is 3.59. The summed E-state index contributed by atoms with van der Waals surface area (Å²) in [5, 5.41) is 2.82. The van der Waals surface area contributed by atoms with Crippen molar-refractivity contribution in [3.05, 3.63) is 57.6 Å². The number of carbonyl (C=O) groups excluding carboxylic acids is 1. The molecule has 0 aliphatic carbocycles. The molecule has 1 aromatic heterocycles. The van der Waals surface area contributed by atoms with Crippen LogP contribution < -0.4 is 20.2 Å². The number of aryl methyl sites for hydroxylation is 1. The summed E-state index contributed by atoms with van der Waals surface area (Å²) in [6.45, 7) is 4.72. The van der Waals surface area contributed by atoms with Crippen LogP contribution in [0.3, 0.4) is 0 Å². The Hall–Kier alpha value is -2.76. The molecule has 0 saturated heterocycles. The number of benzene rings is 1. The summed E-state index contributed by atoms with van der Waals surface area (Å²) in [6, 6.07) is 7.82. The Morgan fingerprint density at radius 1 is 1.12 bits per heavy atom. The Kier molecular flexibility index (Phi) is 4.55. The van der Waals surface area contributed by atoms with E-state index in [1.165, 1.54) is 12.1 Å². The number of ether oxygens (including phenoxy) is 2. The van der Waals surface area contributed by atoms with E-state index in [0.29, 0.717) is 30.5 Å². The maximum Gasteiger partial charge on any atom is 0.287 e. The van der Waals surface area contributed by atoms with E-state index in [1.807, 2.05) is 25.1 Å². The van der Waals surface area contributed by atoms with E-state index < -0.39 is 5.91 Å². The van der Waals surface area contributed by atoms with E-state index in [1.54, 1.807) is 6.92 Å². The van der Waals surface area contributed by atoms with Gasteiger partial charge in [-0.1, -0.05) is 6.07 Å². The lowest BCUT2D eigenvalue weighted by atomic mass is 10.1. The molecule has 1 amide bonds. The van der Waals surface area contributed by atoms with E-state index in [-0.39, 0.29) is 17.2 Å². The maximum atomic E-state index is 12.3. The average Bonchev–Trinajstić information content (AvgIpc) is 2.78. The smallest absolute Gasteiger partial charge is 0.287 e. The topological polar surface area (TPSA) is 77.8 Å². The quantitative estimate of drug-likeness (QED) is 0.936. The highest BCUT2D eigenvalue weighted by Crippen LogP contribution is 2.32. The van der Waals surface area contributed by atoms with Crippen LogP contribution in [0.1, 0.15) is 41.3 Å². The molecule has 1 unspecified atom stereocenters. The average molecular weight is 329 g/mol. The van der Waals surface area contributed by atoms with Crippen molar-refractivity contribution in [1.82, 2.24) is 5.32 Å². The zero-order valence-corrected chi connectivity index (χ0v) is 13.6. The minimum atomic E-state index is -0.435. The van der Waals surface area contributed by atoms with Crippen molar-refractivity contribution < 1.29 is 18.7 Å². The zero-order valence-electron chi connectivity index (χ0n) is 13.6. The van der Waals surface area contributed by atoms with Gasteiger partial charge in [0.25, 0.3) is 5.91 Å². The SMILES string of the molecule is Cc1cc(=O)cc(C(=O)NC(C)c2ccc3c(c2)OCCCO3)o1. The van der Waals surface area contributed by atoms with Gasteiger partial charge in [-0.05, 0) is 31.5 Å². The van der Waals surface area contributed by atoms with Crippen molar-refractivity contribution >= 4 is 5.91 Å². The van der Waals surface area contributed by atoms with Gasteiger partial charge in [0.15, 0.2) is 22.7 Å². The number of hydrogen-bond acceptors (Lipinski definition) is 5. The summed E-state index contributed by atoms with van der Waals surface area (Å²) < 4.78 is 16.6. The Bertz CT molecular complexity index is 811. The van der Waals surface area contributed by atoms with Gasteiger partial charge in [0.05, 0.1) is 19.3 Å². The van der Waals surface area contributed by atoms with Gasteiger partial charge in [0, 0.05) is 18.6 Å². The molecular weight excluding hydrogens is 310 g/mol. The van der Waals surface area contributed by atoms with Gasteiger partial charge in [-0.3, -0.25) is 9.59 Å². The Labute approximate surface area is 139 Å². The van der Waals surface area contributed by atoms with Crippen molar-refractivity contribution in [3.8, 4) is 11.5 Å². The monoisotopic (exact) mass is 329 g/mol. The lowest BCUT2D eigenvalue weighted by Gasteiger charge is -2.16. The van der Waals surface area contributed by atoms with Crippen LogP contribution in [0.4, 0.5) is 0 Å². The van der Waals surface area contributed by atoms with Gasteiger partial charge in [-0.25, -0.2) is 0 Å². The van der Waals surface area contributed by atoms with Gasteiger partial charge >= 0.3 is 0 Å². The minimum absolute atomic E-state index is 0.00110. The van der Waals surface area contributed by atoms with Crippen LogP contribution in [0, 0.1) is 6.92 Å². The molecule has 1 aromatic carbocycles. The molecule has 1 atom stereocenters. The fourth-order valence-electron chi connectivity index (χ4n) is 2.52. The first kappa shape index (κ1) is 16.1. The zero-order chi connectivity index (χ0) is 17.1. The number of hydrogen-bond donors (Lipinski definition) is 1. The van der Waals surface area contributed by atoms with Crippen LogP contribution in [-0.2, 0) is 0 Å². The third-order valence-electron chi connectivity index (χ3n) is 3.73. The molecule has 2 heterocycles. The number of nitrogens with one attached hydrogen (secondary N) is 1. The molecule has 1 aliphatic rings. The van der Waals surface area contributed by atoms with Gasteiger partial charge < -0.3 is 19.2 Å². The Balaban J connectivity index is 1.77. The largest absolute Gasteiger partial charge is 0.490 e. The molecule has 0 saturated carbocycles. The fourth-order valence-corrected chi connectivity index (χ4v) is 2.52. The summed E-state index contributed by atoms with van der Waals surface area (Å²) in [5.74, 6) is 1.35. The predicted octanol–water partition coefficient (Wildman–Crippen LogP) is 2.60. The van der Waals surface area contributed by atoms with Crippen LogP contribution in [-0.4, -0.2) is 19.1 Å². The van der Waals surface area contributed by atoms with Crippen LogP contribution in [0.2, 0.25) is 0 Å². The molecule has 126 valence electrons. The second kappa shape index (κ2) is 6.78. The van der Waals surface area contributed by atoms with Crippen molar-refractivity contribution in [3.63, 3.8) is 0 Å². The molecule has 1 N–H and O–H groups in total. The summed E-state index contributed by atoms with van der Waals surface area (Å²) >= 11 is 0. The first-order chi connectivity index (χ1) is 11.5. The Morgan fingerprint density at radius 2 is 1.88 bits per heavy atom. The van der Waals surface area contributed by atoms with Gasteiger partial charge in [0.2, 0.25) is 0 Å². The molecule has 24 heavy (non-hydrogen) atoms. The van der Waals surface area contributed by atoms with E-state index in [4.69, 9.17) is 13.9 Å². The third-order valence-corrected chi connectivity index (χ3v) is 3.73. The molecule has 3 rings (SSSR count). The van der Waals surface area contributed by atoms with E-state index in [9.17, 15) is 9.59 Å². The molecule has 0 spiro atoms. The highest BCUT2D eigenvalue weighted by molar-refractivity contribution is 5.91. The standard InChI is InChI=1S/C18H19NO5/c1-11-8-14(20)10-17(24-11)18(21)19-12(2)13-4-5-15-16(9-13)23-7-3-6-22-15/h4-5,8-10,12H,3,6-7H2,1-2H3,(H,19,21). The number of carbonyl (C=O) groups is 1. The lowest BCUT2D eigenvalue weighted by Crippen LogP contribution is -2.27. The van der Waals surface area contributed by atoms with E-state index in [0.717, 1.165) is 12.0 Å². The molecule has 2 aromatic rings. The number of rotatable bonds is 3. The number of fused-ring (bicyclic) bond motifs is 1. The summed E-state index contributed by atoms with van der Waals surface area (Å²) in [7, 11) is 0. The molecule has 0 fully saturated rings. The second-order valence-corrected chi connectivity index (χ2v) is 5.72. The Morgan fingerprint density at radius 3 is 2.62 bits per heavy atom. The first-order valence-corrected chi connectivity index (χ1v) is 7.85. The van der Waals surface area contributed by atoms with Crippen molar-refractivity contribution in [2.45, 2.75) is 26.3 Å². The van der Waals surface area contributed by atoms with Gasteiger partial charge in [-0.15, -0.1) is 0 Å². The van der Waals surface area contributed by atoms with E-state index in [2.05, 4.69) is 5.32 Å². The normalized spacial score (nSPS) is 14.6. The highest BCUT2D eigenvalue weighted by atomic mass is 16.5. The summed E-state index contributed by atoms with van der Waals surface area (Å²) in [4.78, 5) is 23.8. The fraction of sp³-hybridized carbons (Fsp3) is 0.333. The van der Waals surface area contributed by atoms with Gasteiger partial charge in [-0.2, -0.15) is 0 Å². The lowest BCUT2D eigenvalue weighted by molar-refractivity contribution is 0.0907.